The van der Waals surface area contributed by atoms with Crippen LogP contribution in [0.4, 0.5) is 5.69 Å². The molecule has 3 N–H and O–H groups in total. The Labute approximate surface area is 181 Å². The van der Waals surface area contributed by atoms with Crippen LogP contribution in [0.15, 0.2) is 24.3 Å². The molecule has 0 spiro atoms. The van der Waals surface area contributed by atoms with Crippen molar-refractivity contribution in [1.29, 1.82) is 0 Å². The first kappa shape index (κ1) is 20.8. The third-order valence-electron chi connectivity index (χ3n) is 5.96. The monoisotopic (exact) mass is 426 g/mol. The molecule has 0 unspecified atom stereocenters. The average Bonchev–Trinajstić information content (AvgIpc) is 3.32. The number of carbonyl (C=O) groups excluding carboxylic acids is 1. The third kappa shape index (κ3) is 4.06. The minimum absolute atomic E-state index is 0.283. The molecule has 0 bridgehead atoms. The van der Waals surface area contributed by atoms with Gasteiger partial charge in [0.25, 0.3) is 0 Å². The van der Waals surface area contributed by atoms with Crippen molar-refractivity contribution in [3.8, 4) is 17.0 Å². The van der Waals surface area contributed by atoms with Crippen LogP contribution < -0.4 is 10.5 Å². The zero-order valence-corrected chi connectivity index (χ0v) is 18.6. The molecule has 0 aliphatic heterocycles. The van der Waals surface area contributed by atoms with E-state index in [1.165, 1.54) is 56.1 Å². The van der Waals surface area contributed by atoms with Crippen molar-refractivity contribution in [2.75, 3.05) is 19.5 Å². The quantitative estimate of drug-likeness (QED) is 0.257. The fourth-order valence-corrected chi connectivity index (χ4v) is 5.55. The first-order valence-corrected chi connectivity index (χ1v) is 11.7. The Morgan fingerprint density at radius 1 is 1.23 bits per heavy atom. The van der Waals surface area contributed by atoms with Crippen LogP contribution in [-0.2, 0) is 4.74 Å². The summed E-state index contributed by atoms with van der Waals surface area (Å²) in [5.74, 6) is 1.01. The van der Waals surface area contributed by atoms with E-state index in [1.807, 2.05) is 18.2 Å². The standard InChI is InChI=1S/C24H30N2O3S/c1-3-4-12-29-16-10-11-17(18(25)13-16)22-21(15-8-6-5-7-9-15)23-19(26-22)14-20(30-23)24(27)28-2/h10-11,13-15,26H,3-9,12,25H2,1-2H3. The van der Waals surface area contributed by atoms with E-state index in [4.69, 9.17) is 15.2 Å². The molecule has 30 heavy (non-hydrogen) atoms. The molecule has 1 aliphatic carbocycles. The van der Waals surface area contributed by atoms with Crippen LogP contribution in [0, 0.1) is 0 Å². The highest BCUT2D eigenvalue weighted by atomic mass is 32.1. The van der Waals surface area contributed by atoms with Gasteiger partial charge in [-0.1, -0.05) is 32.6 Å². The molecule has 1 saturated carbocycles. The molecular formula is C24H30N2O3S. The molecule has 2 aromatic heterocycles. The fourth-order valence-electron chi connectivity index (χ4n) is 4.39. The number of fused-ring (bicyclic) bond motifs is 1. The van der Waals surface area contributed by atoms with Gasteiger partial charge < -0.3 is 20.2 Å². The summed E-state index contributed by atoms with van der Waals surface area (Å²) in [6.45, 7) is 2.85. The lowest BCUT2D eigenvalue weighted by molar-refractivity contribution is 0.0606. The van der Waals surface area contributed by atoms with Gasteiger partial charge in [-0.25, -0.2) is 4.79 Å². The van der Waals surface area contributed by atoms with Gasteiger partial charge in [0.1, 0.15) is 10.6 Å². The van der Waals surface area contributed by atoms with Crippen molar-refractivity contribution >= 4 is 33.2 Å². The summed E-state index contributed by atoms with van der Waals surface area (Å²) in [7, 11) is 1.43. The lowest BCUT2D eigenvalue weighted by Gasteiger charge is -2.23. The van der Waals surface area contributed by atoms with Gasteiger partial charge in [0, 0.05) is 17.3 Å². The summed E-state index contributed by atoms with van der Waals surface area (Å²) >= 11 is 1.52. The van der Waals surface area contributed by atoms with Gasteiger partial charge in [-0.2, -0.15) is 0 Å². The van der Waals surface area contributed by atoms with Gasteiger partial charge in [-0.15, -0.1) is 11.3 Å². The summed E-state index contributed by atoms with van der Waals surface area (Å²) in [6.07, 6.45) is 8.25. The maximum absolute atomic E-state index is 12.1. The topological polar surface area (TPSA) is 77.3 Å². The summed E-state index contributed by atoms with van der Waals surface area (Å²) < 4.78 is 11.9. The zero-order valence-electron chi connectivity index (χ0n) is 17.8. The number of ether oxygens (including phenoxy) is 2. The van der Waals surface area contributed by atoms with Crippen LogP contribution in [0.25, 0.3) is 21.5 Å². The minimum Gasteiger partial charge on any atom is -0.494 e. The molecule has 2 heterocycles. The average molecular weight is 427 g/mol. The predicted molar refractivity (Wildman–Crippen MR) is 124 cm³/mol. The number of nitrogens with two attached hydrogens (primary N) is 1. The second-order valence-electron chi connectivity index (χ2n) is 8.04. The Kier molecular flexibility index (Phi) is 6.32. The number of nitrogens with one attached hydrogen (secondary N) is 1. The van der Waals surface area contributed by atoms with Crippen LogP contribution in [0.3, 0.4) is 0 Å². The number of aromatic nitrogens is 1. The summed E-state index contributed by atoms with van der Waals surface area (Å²) in [4.78, 5) is 16.3. The number of aromatic amines is 1. The van der Waals surface area contributed by atoms with E-state index in [-0.39, 0.29) is 5.97 Å². The second-order valence-corrected chi connectivity index (χ2v) is 9.10. The van der Waals surface area contributed by atoms with E-state index in [0.717, 1.165) is 40.1 Å². The van der Waals surface area contributed by atoms with Crippen LogP contribution >= 0.6 is 11.3 Å². The van der Waals surface area contributed by atoms with Gasteiger partial charge in [0.05, 0.1) is 29.6 Å². The number of carbonyl (C=O) groups is 1. The van der Waals surface area contributed by atoms with Gasteiger partial charge in [-0.05, 0) is 48.9 Å². The Morgan fingerprint density at radius 3 is 2.73 bits per heavy atom. The molecule has 1 aromatic carbocycles. The molecule has 0 amide bonds. The molecule has 0 radical (unpaired) electrons. The van der Waals surface area contributed by atoms with E-state index in [9.17, 15) is 4.79 Å². The Morgan fingerprint density at radius 2 is 2.03 bits per heavy atom. The maximum atomic E-state index is 12.1. The number of hydrogen-bond donors (Lipinski definition) is 2. The van der Waals surface area contributed by atoms with E-state index in [2.05, 4.69) is 18.0 Å². The normalized spacial score (nSPS) is 14.9. The third-order valence-corrected chi connectivity index (χ3v) is 7.11. The molecular weight excluding hydrogens is 396 g/mol. The molecule has 1 fully saturated rings. The zero-order chi connectivity index (χ0) is 21.1. The number of benzene rings is 1. The molecule has 5 nitrogen and oxygen atoms in total. The number of nitrogen functional groups attached to an aromatic ring is 1. The van der Waals surface area contributed by atoms with Gasteiger partial charge >= 0.3 is 5.97 Å². The van der Waals surface area contributed by atoms with Crippen LogP contribution in [0.2, 0.25) is 0 Å². The van der Waals surface area contributed by atoms with E-state index in [0.29, 0.717) is 23.1 Å². The second kappa shape index (κ2) is 9.13. The Hall–Kier alpha value is -2.47. The largest absolute Gasteiger partial charge is 0.494 e. The van der Waals surface area contributed by atoms with Crippen LogP contribution in [-0.4, -0.2) is 24.7 Å². The summed E-state index contributed by atoms with van der Waals surface area (Å²) in [6, 6.07) is 7.88. The minimum atomic E-state index is -0.283. The fraction of sp³-hybridized carbons (Fsp3) is 0.458. The lowest BCUT2D eigenvalue weighted by Crippen LogP contribution is -2.06. The molecule has 0 saturated heterocycles. The van der Waals surface area contributed by atoms with Crippen molar-refractivity contribution in [2.45, 2.75) is 57.8 Å². The Bertz CT molecular complexity index is 1030. The SMILES string of the molecule is CCCCOc1ccc(-c2[nH]c3cc(C(=O)OC)sc3c2C2CCCCC2)c(N)c1. The number of hydrogen-bond acceptors (Lipinski definition) is 5. The molecule has 0 atom stereocenters. The highest BCUT2D eigenvalue weighted by Crippen LogP contribution is 2.46. The van der Waals surface area contributed by atoms with Crippen LogP contribution in [0.5, 0.6) is 5.75 Å². The molecule has 6 heteroatoms. The maximum Gasteiger partial charge on any atom is 0.348 e. The molecule has 160 valence electrons. The first-order chi connectivity index (χ1) is 14.6. The molecule has 3 aromatic rings. The molecule has 1 aliphatic rings. The Balaban J connectivity index is 1.76. The number of thiophene rings is 1. The highest BCUT2D eigenvalue weighted by molar-refractivity contribution is 7.21. The smallest absolute Gasteiger partial charge is 0.348 e. The predicted octanol–water partition coefficient (Wildman–Crippen LogP) is 6.49. The number of methoxy groups -OCH3 is 1. The lowest BCUT2D eigenvalue weighted by atomic mass is 9.83. The van der Waals surface area contributed by atoms with Gasteiger partial charge in [-0.3, -0.25) is 0 Å². The van der Waals surface area contributed by atoms with Crippen molar-refractivity contribution in [1.82, 2.24) is 4.98 Å². The van der Waals surface area contributed by atoms with Crippen LogP contribution in [0.1, 0.15) is 73.0 Å². The van der Waals surface area contributed by atoms with Gasteiger partial charge in [0.2, 0.25) is 0 Å². The number of rotatable bonds is 7. The van der Waals surface area contributed by atoms with Crippen molar-refractivity contribution in [3.05, 3.63) is 34.7 Å². The number of H-pyrrole nitrogens is 1. The van der Waals surface area contributed by atoms with Crippen molar-refractivity contribution in [3.63, 3.8) is 0 Å². The molecule has 4 rings (SSSR count). The summed E-state index contributed by atoms with van der Waals surface area (Å²) in [5.41, 5.74) is 11.6. The number of esters is 1. The van der Waals surface area contributed by atoms with E-state index < -0.39 is 0 Å². The van der Waals surface area contributed by atoms with E-state index in [1.54, 1.807) is 0 Å². The van der Waals surface area contributed by atoms with Crippen molar-refractivity contribution < 1.29 is 14.3 Å². The van der Waals surface area contributed by atoms with E-state index >= 15 is 0 Å². The van der Waals surface area contributed by atoms with Gasteiger partial charge in [0.15, 0.2) is 0 Å². The number of anilines is 1. The van der Waals surface area contributed by atoms with Crippen molar-refractivity contribution in [2.24, 2.45) is 0 Å². The summed E-state index contributed by atoms with van der Waals surface area (Å²) in [5, 5.41) is 0. The highest BCUT2D eigenvalue weighted by Gasteiger charge is 2.27. The first-order valence-electron chi connectivity index (χ1n) is 10.9. The number of unbranched alkanes of at least 4 members (excludes halogenated alkanes) is 1.